The van der Waals surface area contributed by atoms with Gasteiger partial charge in [-0.1, -0.05) is 54.6 Å². The van der Waals surface area contributed by atoms with Gasteiger partial charge < -0.3 is 5.32 Å². The van der Waals surface area contributed by atoms with Crippen LogP contribution in [0.2, 0.25) is 0 Å². The molecular formula is C21H16N2O2S. The lowest BCUT2D eigenvalue weighted by molar-refractivity contribution is 0.102. The molecule has 0 saturated heterocycles. The van der Waals surface area contributed by atoms with Crippen molar-refractivity contribution in [1.82, 2.24) is 4.57 Å². The number of fused-ring (bicyclic) bond motifs is 1. The van der Waals surface area contributed by atoms with E-state index in [9.17, 15) is 9.59 Å². The summed E-state index contributed by atoms with van der Waals surface area (Å²) in [5.41, 5.74) is 1.47. The maximum atomic E-state index is 12.8. The maximum Gasteiger partial charge on any atom is 0.258 e. The summed E-state index contributed by atoms with van der Waals surface area (Å²) in [4.78, 5) is 25.1. The van der Waals surface area contributed by atoms with Crippen molar-refractivity contribution in [1.29, 1.82) is 0 Å². The van der Waals surface area contributed by atoms with E-state index in [0.717, 1.165) is 15.6 Å². The summed E-state index contributed by atoms with van der Waals surface area (Å²) >= 11 is 1.53. The molecule has 0 fully saturated rings. The lowest BCUT2D eigenvalue weighted by Gasteiger charge is -2.13. The minimum absolute atomic E-state index is 0.151. The van der Waals surface area contributed by atoms with E-state index in [1.54, 1.807) is 16.7 Å². The van der Waals surface area contributed by atoms with Gasteiger partial charge in [0.15, 0.2) is 0 Å². The Balaban J connectivity index is 1.67. The molecule has 0 atom stereocenters. The number of rotatable bonds is 4. The van der Waals surface area contributed by atoms with Gasteiger partial charge >= 0.3 is 0 Å². The van der Waals surface area contributed by atoms with Gasteiger partial charge in [0.1, 0.15) is 5.82 Å². The van der Waals surface area contributed by atoms with Gasteiger partial charge in [0, 0.05) is 21.5 Å². The SMILES string of the molecule is O=C(Nc1cccc(=O)n1Cc1ccccc1)c1csc2ccccc12. The van der Waals surface area contributed by atoms with E-state index >= 15 is 0 Å². The molecular weight excluding hydrogens is 344 g/mol. The third kappa shape index (κ3) is 3.17. The molecule has 26 heavy (non-hydrogen) atoms. The van der Waals surface area contributed by atoms with Gasteiger partial charge in [0.05, 0.1) is 12.1 Å². The fraction of sp³-hybridized carbons (Fsp3) is 0.0476. The van der Waals surface area contributed by atoms with Gasteiger partial charge in [-0.15, -0.1) is 11.3 Å². The van der Waals surface area contributed by atoms with Gasteiger partial charge in [-0.05, 0) is 17.7 Å². The van der Waals surface area contributed by atoms with Crippen LogP contribution in [0.25, 0.3) is 10.1 Å². The quantitative estimate of drug-likeness (QED) is 0.588. The number of amides is 1. The van der Waals surface area contributed by atoms with Crippen LogP contribution in [0.4, 0.5) is 5.82 Å². The number of carbonyl (C=O) groups excluding carboxylic acids is 1. The number of carbonyl (C=O) groups is 1. The molecule has 2 heterocycles. The fourth-order valence-corrected chi connectivity index (χ4v) is 3.84. The van der Waals surface area contributed by atoms with Crippen molar-refractivity contribution in [3.8, 4) is 0 Å². The molecule has 2 aromatic heterocycles. The first kappa shape index (κ1) is 16.3. The monoisotopic (exact) mass is 360 g/mol. The lowest BCUT2D eigenvalue weighted by atomic mass is 10.1. The average Bonchev–Trinajstić information content (AvgIpc) is 3.10. The molecule has 0 aliphatic heterocycles. The summed E-state index contributed by atoms with van der Waals surface area (Å²) in [5.74, 6) is 0.275. The molecule has 0 bridgehead atoms. The number of hydrogen-bond donors (Lipinski definition) is 1. The van der Waals surface area contributed by atoms with Gasteiger partial charge in [0.25, 0.3) is 11.5 Å². The Bertz CT molecular complexity index is 1130. The van der Waals surface area contributed by atoms with Gasteiger partial charge in [-0.2, -0.15) is 0 Å². The zero-order chi connectivity index (χ0) is 17.9. The summed E-state index contributed by atoms with van der Waals surface area (Å²) < 4.78 is 2.63. The Labute approximate surface area is 154 Å². The Morgan fingerprint density at radius 3 is 2.54 bits per heavy atom. The number of nitrogens with one attached hydrogen (secondary N) is 1. The zero-order valence-electron chi connectivity index (χ0n) is 13.9. The number of thiophene rings is 1. The zero-order valence-corrected chi connectivity index (χ0v) is 14.7. The van der Waals surface area contributed by atoms with Gasteiger partial charge in [-0.25, -0.2) is 0 Å². The standard InChI is InChI=1S/C21H16N2O2S/c24-20-12-6-11-19(23(20)13-15-7-2-1-3-8-15)22-21(25)17-14-26-18-10-5-4-9-16(17)18/h1-12,14H,13H2,(H,22,25). The van der Waals surface area contributed by atoms with Crippen LogP contribution in [0.3, 0.4) is 0 Å². The van der Waals surface area contributed by atoms with Crippen LogP contribution in [0.5, 0.6) is 0 Å². The molecule has 2 aromatic carbocycles. The van der Waals surface area contributed by atoms with Crippen molar-refractivity contribution >= 4 is 33.1 Å². The second kappa shape index (κ2) is 6.98. The molecule has 4 aromatic rings. The molecule has 128 valence electrons. The smallest absolute Gasteiger partial charge is 0.258 e. The van der Waals surface area contributed by atoms with Crippen molar-refractivity contribution in [3.63, 3.8) is 0 Å². The van der Waals surface area contributed by atoms with Crippen molar-refractivity contribution in [3.05, 3.63) is 99.7 Å². The minimum atomic E-state index is -0.213. The predicted molar refractivity (Wildman–Crippen MR) is 106 cm³/mol. The summed E-state index contributed by atoms with van der Waals surface area (Å²) in [6.07, 6.45) is 0. The Morgan fingerprint density at radius 1 is 0.923 bits per heavy atom. The Hall–Kier alpha value is -3.18. The summed E-state index contributed by atoms with van der Waals surface area (Å²) in [6, 6.07) is 22.4. The highest BCUT2D eigenvalue weighted by atomic mass is 32.1. The highest BCUT2D eigenvalue weighted by Crippen LogP contribution is 2.26. The molecule has 1 N–H and O–H groups in total. The number of aromatic nitrogens is 1. The van der Waals surface area contributed by atoms with E-state index in [1.807, 2.05) is 60.0 Å². The largest absolute Gasteiger partial charge is 0.308 e. The molecule has 0 aliphatic carbocycles. The topological polar surface area (TPSA) is 51.1 Å². The average molecular weight is 360 g/mol. The first-order valence-corrected chi connectivity index (χ1v) is 9.12. The van der Waals surface area contributed by atoms with Crippen LogP contribution < -0.4 is 10.9 Å². The second-order valence-electron chi connectivity index (χ2n) is 5.92. The number of pyridine rings is 1. The van der Waals surface area contributed by atoms with Crippen LogP contribution in [0.1, 0.15) is 15.9 Å². The summed E-state index contributed by atoms with van der Waals surface area (Å²) in [7, 11) is 0. The molecule has 1 amide bonds. The van der Waals surface area contributed by atoms with Crippen LogP contribution in [-0.2, 0) is 6.54 Å². The van der Waals surface area contributed by atoms with Gasteiger partial charge in [-0.3, -0.25) is 14.2 Å². The number of anilines is 1. The molecule has 4 nitrogen and oxygen atoms in total. The summed E-state index contributed by atoms with van der Waals surface area (Å²) in [6.45, 7) is 0.403. The number of hydrogen-bond acceptors (Lipinski definition) is 3. The predicted octanol–water partition coefficient (Wildman–Crippen LogP) is 4.36. The number of benzene rings is 2. The van der Waals surface area contributed by atoms with E-state index in [4.69, 9.17) is 0 Å². The van der Waals surface area contributed by atoms with E-state index < -0.39 is 0 Å². The van der Waals surface area contributed by atoms with Crippen LogP contribution in [-0.4, -0.2) is 10.5 Å². The minimum Gasteiger partial charge on any atom is -0.308 e. The Morgan fingerprint density at radius 2 is 1.69 bits per heavy atom. The maximum absolute atomic E-state index is 12.8. The van der Waals surface area contributed by atoms with Gasteiger partial charge in [0.2, 0.25) is 0 Å². The van der Waals surface area contributed by atoms with Crippen molar-refractivity contribution < 1.29 is 4.79 Å². The van der Waals surface area contributed by atoms with Crippen LogP contribution in [0, 0.1) is 0 Å². The molecule has 0 unspecified atom stereocenters. The molecule has 0 saturated carbocycles. The second-order valence-corrected chi connectivity index (χ2v) is 6.83. The van der Waals surface area contributed by atoms with Crippen molar-refractivity contribution in [2.75, 3.05) is 5.32 Å². The van der Waals surface area contributed by atoms with Crippen molar-refractivity contribution in [2.45, 2.75) is 6.54 Å². The third-order valence-electron chi connectivity index (χ3n) is 4.20. The van der Waals surface area contributed by atoms with E-state index in [-0.39, 0.29) is 11.5 Å². The first-order chi connectivity index (χ1) is 12.7. The molecule has 0 aliphatic rings. The lowest BCUT2D eigenvalue weighted by Crippen LogP contribution is -2.25. The first-order valence-electron chi connectivity index (χ1n) is 8.24. The van der Waals surface area contributed by atoms with Crippen LogP contribution in [0.15, 0.2) is 83.0 Å². The molecule has 4 rings (SSSR count). The molecule has 5 heteroatoms. The third-order valence-corrected chi connectivity index (χ3v) is 5.16. The Kier molecular flexibility index (Phi) is 4.37. The highest BCUT2D eigenvalue weighted by Gasteiger charge is 2.14. The van der Waals surface area contributed by atoms with E-state index in [2.05, 4.69) is 5.32 Å². The molecule has 0 spiro atoms. The normalized spacial score (nSPS) is 10.8. The highest BCUT2D eigenvalue weighted by molar-refractivity contribution is 7.17. The summed E-state index contributed by atoms with van der Waals surface area (Å²) in [5, 5.41) is 5.67. The molecule has 0 radical (unpaired) electrons. The van der Waals surface area contributed by atoms with E-state index in [1.165, 1.54) is 17.4 Å². The van der Waals surface area contributed by atoms with E-state index in [0.29, 0.717) is 17.9 Å². The number of nitrogens with zero attached hydrogens (tertiary/aromatic N) is 1. The van der Waals surface area contributed by atoms with Crippen LogP contribution >= 0.6 is 11.3 Å². The fourth-order valence-electron chi connectivity index (χ4n) is 2.90. The van der Waals surface area contributed by atoms with Crippen molar-refractivity contribution in [2.24, 2.45) is 0 Å².